The van der Waals surface area contributed by atoms with Gasteiger partial charge in [0.25, 0.3) is 5.91 Å². The smallest absolute Gasteiger partial charge is 0.416 e. The molecule has 0 aliphatic rings. The van der Waals surface area contributed by atoms with E-state index in [0.717, 1.165) is 23.5 Å². The number of nitrogens with zero attached hydrogens (tertiary/aromatic N) is 1. The topological polar surface area (TPSA) is 60.5 Å². The molecule has 28 heavy (non-hydrogen) atoms. The number of amides is 1. The fourth-order valence-corrected chi connectivity index (χ4v) is 3.25. The molecule has 1 N–H and O–H groups in total. The molecule has 0 saturated heterocycles. The van der Waals surface area contributed by atoms with Crippen molar-refractivity contribution in [3.63, 3.8) is 0 Å². The number of methoxy groups -OCH3 is 2. The molecule has 3 aromatic rings. The summed E-state index contributed by atoms with van der Waals surface area (Å²) in [5.74, 6) is 0.478. The first-order chi connectivity index (χ1) is 13.3. The van der Waals surface area contributed by atoms with E-state index >= 15 is 0 Å². The predicted molar refractivity (Wildman–Crippen MR) is 100 cm³/mol. The van der Waals surface area contributed by atoms with Crippen molar-refractivity contribution < 1.29 is 27.4 Å². The zero-order valence-corrected chi connectivity index (χ0v) is 15.6. The van der Waals surface area contributed by atoms with Gasteiger partial charge in [-0.3, -0.25) is 4.79 Å². The Morgan fingerprint density at radius 1 is 1.07 bits per heavy atom. The van der Waals surface area contributed by atoms with Crippen molar-refractivity contribution in [2.24, 2.45) is 0 Å². The SMILES string of the molecule is COc1ccc(NC(=O)c2csc(-c3cccc(C(F)(F)F)c3)n2)cc1OC. The maximum atomic E-state index is 12.9. The van der Waals surface area contributed by atoms with Gasteiger partial charge < -0.3 is 14.8 Å². The van der Waals surface area contributed by atoms with E-state index in [4.69, 9.17) is 9.47 Å². The lowest BCUT2D eigenvalue weighted by Crippen LogP contribution is -2.12. The Morgan fingerprint density at radius 3 is 2.50 bits per heavy atom. The molecule has 0 radical (unpaired) electrons. The van der Waals surface area contributed by atoms with Crippen LogP contribution in [0.4, 0.5) is 18.9 Å². The molecular weight excluding hydrogens is 393 g/mol. The fourth-order valence-electron chi connectivity index (χ4n) is 2.45. The molecule has 5 nitrogen and oxygen atoms in total. The zero-order valence-electron chi connectivity index (χ0n) is 14.8. The number of hydrogen-bond donors (Lipinski definition) is 1. The van der Waals surface area contributed by atoms with Crippen LogP contribution < -0.4 is 14.8 Å². The molecular formula is C19H15F3N2O3S. The van der Waals surface area contributed by atoms with Crippen molar-refractivity contribution in [3.8, 4) is 22.1 Å². The number of carbonyl (C=O) groups excluding carboxylic acids is 1. The summed E-state index contributed by atoms with van der Waals surface area (Å²) in [6, 6.07) is 9.70. The molecule has 0 fully saturated rings. The van der Waals surface area contributed by atoms with Gasteiger partial charge in [0.05, 0.1) is 19.8 Å². The number of nitrogens with one attached hydrogen (secondary N) is 1. The van der Waals surface area contributed by atoms with E-state index in [9.17, 15) is 18.0 Å². The molecule has 1 aromatic heterocycles. The van der Waals surface area contributed by atoms with Gasteiger partial charge in [0.15, 0.2) is 11.5 Å². The van der Waals surface area contributed by atoms with Crippen LogP contribution >= 0.6 is 11.3 Å². The maximum absolute atomic E-state index is 12.9. The van der Waals surface area contributed by atoms with E-state index in [1.807, 2.05) is 0 Å². The summed E-state index contributed by atoms with van der Waals surface area (Å²) >= 11 is 1.09. The zero-order chi connectivity index (χ0) is 20.3. The first-order valence-electron chi connectivity index (χ1n) is 7.98. The van der Waals surface area contributed by atoms with Crippen molar-refractivity contribution in [1.29, 1.82) is 0 Å². The molecule has 146 valence electrons. The van der Waals surface area contributed by atoms with Crippen LogP contribution in [0.2, 0.25) is 0 Å². The third-order valence-corrected chi connectivity index (χ3v) is 4.71. The highest BCUT2D eigenvalue weighted by atomic mass is 32.1. The lowest BCUT2D eigenvalue weighted by atomic mass is 10.1. The van der Waals surface area contributed by atoms with Crippen molar-refractivity contribution in [3.05, 3.63) is 59.1 Å². The number of halogens is 3. The van der Waals surface area contributed by atoms with Gasteiger partial charge in [-0.05, 0) is 24.3 Å². The van der Waals surface area contributed by atoms with Crippen LogP contribution in [0.5, 0.6) is 11.5 Å². The number of alkyl halides is 3. The van der Waals surface area contributed by atoms with E-state index in [0.29, 0.717) is 27.8 Å². The number of anilines is 1. The van der Waals surface area contributed by atoms with Crippen LogP contribution in [0, 0.1) is 0 Å². The number of benzene rings is 2. The highest BCUT2D eigenvalue weighted by Crippen LogP contribution is 2.33. The highest BCUT2D eigenvalue weighted by molar-refractivity contribution is 7.13. The summed E-state index contributed by atoms with van der Waals surface area (Å²) in [6.45, 7) is 0. The fraction of sp³-hybridized carbons (Fsp3) is 0.158. The molecule has 0 aliphatic heterocycles. The molecule has 0 saturated carbocycles. The Morgan fingerprint density at radius 2 is 1.82 bits per heavy atom. The van der Waals surface area contributed by atoms with E-state index in [-0.39, 0.29) is 5.69 Å². The summed E-state index contributed by atoms with van der Waals surface area (Å²) in [4.78, 5) is 16.6. The Bertz CT molecular complexity index is 1000. The molecule has 0 atom stereocenters. The summed E-state index contributed by atoms with van der Waals surface area (Å²) in [6.07, 6.45) is -4.44. The monoisotopic (exact) mass is 408 g/mol. The van der Waals surface area contributed by atoms with Gasteiger partial charge in [-0.1, -0.05) is 12.1 Å². The quantitative estimate of drug-likeness (QED) is 0.638. The van der Waals surface area contributed by atoms with Gasteiger partial charge in [-0.25, -0.2) is 4.98 Å². The van der Waals surface area contributed by atoms with Crippen LogP contribution in [-0.2, 0) is 6.18 Å². The molecule has 2 aromatic carbocycles. The van der Waals surface area contributed by atoms with Crippen LogP contribution in [0.1, 0.15) is 16.1 Å². The average Bonchev–Trinajstić information content (AvgIpc) is 3.17. The first kappa shape index (κ1) is 19.7. The largest absolute Gasteiger partial charge is 0.493 e. The molecule has 1 amide bonds. The summed E-state index contributed by atoms with van der Waals surface area (Å²) in [5, 5.41) is 4.49. The number of thiazole rings is 1. The van der Waals surface area contributed by atoms with Crippen molar-refractivity contribution in [2.45, 2.75) is 6.18 Å². The lowest BCUT2D eigenvalue weighted by molar-refractivity contribution is -0.137. The number of ether oxygens (including phenoxy) is 2. The molecule has 0 unspecified atom stereocenters. The van der Waals surface area contributed by atoms with Gasteiger partial charge in [0.2, 0.25) is 0 Å². The Kier molecular flexibility index (Phi) is 5.55. The van der Waals surface area contributed by atoms with Crippen LogP contribution in [-0.4, -0.2) is 25.1 Å². The Hall–Kier alpha value is -3.07. The van der Waals surface area contributed by atoms with Gasteiger partial charge in [0.1, 0.15) is 10.7 Å². The predicted octanol–water partition coefficient (Wildman–Crippen LogP) is 5.10. The summed E-state index contributed by atoms with van der Waals surface area (Å²) in [7, 11) is 2.98. The second-order valence-corrected chi connectivity index (χ2v) is 6.50. The minimum atomic E-state index is -4.44. The summed E-state index contributed by atoms with van der Waals surface area (Å²) < 4.78 is 48.9. The van der Waals surface area contributed by atoms with Crippen molar-refractivity contribution in [1.82, 2.24) is 4.98 Å². The van der Waals surface area contributed by atoms with Crippen LogP contribution in [0.25, 0.3) is 10.6 Å². The highest BCUT2D eigenvalue weighted by Gasteiger charge is 2.30. The maximum Gasteiger partial charge on any atom is 0.416 e. The normalized spacial score (nSPS) is 11.2. The van der Waals surface area contributed by atoms with Crippen molar-refractivity contribution in [2.75, 3.05) is 19.5 Å². The van der Waals surface area contributed by atoms with Crippen LogP contribution in [0.3, 0.4) is 0 Å². The Balaban J connectivity index is 1.80. The standard InChI is InChI=1S/C19H15F3N2O3S/c1-26-15-7-6-13(9-16(15)27-2)23-17(25)14-10-28-18(24-14)11-4-3-5-12(8-11)19(20,21)22/h3-10H,1-2H3,(H,23,25). The summed E-state index contributed by atoms with van der Waals surface area (Å²) in [5.41, 5.74) is 0.102. The third-order valence-electron chi connectivity index (χ3n) is 3.82. The number of rotatable bonds is 5. The number of aromatic nitrogens is 1. The van der Waals surface area contributed by atoms with E-state index < -0.39 is 17.6 Å². The second kappa shape index (κ2) is 7.89. The molecule has 0 spiro atoms. The van der Waals surface area contributed by atoms with Gasteiger partial charge in [-0.2, -0.15) is 13.2 Å². The molecule has 0 bridgehead atoms. The first-order valence-corrected chi connectivity index (χ1v) is 8.86. The van der Waals surface area contributed by atoms with Gasteiger partial charge in [0, 0.05) is 22.7 Å². The third kappa shape index (κ3) is 4.25. The van der Waals surface area contributed by atoms with Gasteiger partial charge >= 0.3 is 6.18 Å². The van der Waals surface area contributed by atoms with E-state index in [2.05, 4.69) is 10.3 Å². The second-order valence-electron chi connectivity index (χ2n) is 5.64. The number of carbonyl (C=O) groups is 1. The van der Waals surface area contributed by atoms with E-state index in [1.165, 1.54) is 31.7 Å². The lowest BCUT2D eigenvalue weighted by Gasteiger charge is -2.10. The van der Waals surface area contributed by atoms with Gasteiger partial charge in [-0.15, -0.1) is 11.3 Å². The van der Waals surface area contributed by atoms with Crippen LogP contribution in [0.15, 0.2) is 47.8 Å². The van der Waals surface area contributed by atoms with Crippen molar-refractivity contribution >= 4 is 22.9 Å². The molecule has 1 heterocycles. The minimum Gasteiger partial charge on any atom is -0.493 e. The molecule has 9 heteroatoms. The molecule has 0 aliphatic carbocycles. The Labute approximate surface area is 162 Å². The average molecular weight is 408 g/mol. The number of hydrogen-bond acceptors (Lipinski definition) is 5. The minimum absolute atomic E-state index is 0.104. The van der Waals surface area contributed by atoms with E-state index in [1.54, 1.807) is 18.2 Å². The molecule has 3 rings (SSSR count).